The topological polar surface area (TPSA) is 43.6 Å². The first kappa shape index (κ1) is 27.9. The van der Waals surface area contributed by atoms with E-state index in [0.29, 0.717) is 17.6 Å². The van der Waals surface area contributed by atoms with Crippen molar-refractivity contribution in [1.29, 1.82) is 0 Å². The van der Waals surface area contributed by atoms with Gasteiger partial charge in [0.25, 0.3) is 0 Å². The van der Waals surface area contributed by atoms with Crippen molar-refractivity contribution in [3.8, 4) is 39.9 Å². The Morgan fingerprint density at radius 2 is 1.04 bits per heavy atom. The van der Waals surface area contributed by atoms with Gasteiger partial charge >= 0.3 is 0 Å². The van der Waals surface area contributed by atoms with Gasteiger partial charge in [0.1, 0.15) is 0 Å². The maximum absolute atomic E-state index is 5.27. The van der Waals surface area contributed by atoms with Gasteiger partial charge in [-0.2, -0.15) is 9.97 Å². The summed E-state index contributed by atoms with van der Waals surface area (Å²) in [7, 11) is 0. The molecule has 0 aliphatic carbocycles. The van der Waals surface area contributed by atoms with E-state index in [1.807, 2.05) is 47.7 Å². The third-order valence-electron chi connectivity index (χ3n) is 9.55. The summed E-state index contributed by atoms with van der Waals surface area (Å²) in [6, 6.07) is 53.3. The van der Waals surface area contributed by atoms with Crippen LogP contribution < -0.4 is 0 Å². The van der Waals surface area contributed by atoms with Crippen molar-refractivity contribution in [2.75, 3.05) is 0 Å². The second-order valence-electron chi connectivity index (χ2n) is 12.5. The minimum Gasteiger partial charge on any atom is -0.277 e. The van der Waals surface area contributed by atoms with Gasteiger partial charge < -0.3 is 0 Å². The molecule has 0 radical (unpaired) electrons. The minimum atomic E-state index is 0.601. The number of nitrogens with zero attached hydrogens (tertiary/aromatic N) is 4. The van der Waals surface area contributed by atoms with Crippen LogP contribution in [0.15, 0.2) is 152 Å². The number of benzene rings is 7. The third-order valence-corrected chi connectivity index (χ3v) is 10.9. The number of thiophene rings is 1. The van der Waals surface area contributed by atoms with Gasteiger partial charge in [0.05, 0.1) is 11.0 Å². The van der Waals surface area contributed by atoms with Crippen LogP contribution in [0.4, 0.5) is 0 Å². The molecule has 0 N–H and O–H groups in total. The van der Waals surface area contributed by atoms with E-state index in [1.54, 1.807) is 0 Å². The van der Waals surface area contributed by atoms with Gasteiger partial charge in [-0.25, -0.2) is 4.98 Å². The first-order chi connectivity index (χ1) is 24.2. The maximum Gasteiger partial charge on any atom is 0.238 e. The Bertz CT molecular complexity index is 2820. The monoisotopic (exact) mass is 644 g/mol. The molecule has 10 aromatic rings. The van der Waals surface area contributed by atoms with Gasteiger partial charge in [-0.3, -0.25) is 4.57 Å². The number of hydrogen-bond donors (Lipinski definition) is 0. The Morgan fingerprint density at radius 1 is 0.449 bits per heavy atom. The Kier molecular flexibility index (Phi) is 6.23. The van der Waals surface area contributed by atoms with Crippen LogP contribution >= 0.6 is 11.3 Å². The van der Waals surface area contributed by atoms with Crippen LogP contribution in [0.1, 0.15) is 5.56 Å². The van der Waals surface area contributed by atoms with Gasteiger partial charge in [-0.05, 0) is 41.1 Å². The molecule has 10 rings (SSSR count). The van der Waals surface area contributed by atoms with E-state index in [-0.39, 0.29) is 0 Å². The van der Waals surface area contributed by atoms with Crippen molar-refractivity contribution in [3.63, 3.8) is 0 Å². The molecule has 0 amide bonds. The average Bonchev–Trinajstić information content (AvgIpc) is 3.73. The highest BCUT2D eigenvalue weighted by Gasteiger charge is 2.24. The van der Waals surface area contributed by atoms with Crippen molar-refractivity contribution in [2.24, 2.45) is 0 Å². The molecule has 0 saturated carbocycles. The van der Waals surface area contributed by atoms with Crippen LogP contribution in [0.25, 0.3) is 92.6 Å². The van der Waals surface area contributed by atoms with Crippen molar-refractivity contribution in [3.05, 3.63) is 157 Å². The summed E-state index contributed by atoms with van der Waals surface area (Å²) < 4.78 is 4.88. The minimum absolute atomic E-state index is 0.601. The summed E-state index contributed by atoms with van der Waals surface area (Å²) in [5.41, 5.74) is 7.71. The molecule has 0 spiro atoms. The lowest BCUT2D eigenvalue weighted by atomic mass is 9.97. The molecule has 0 saturated heterocycles. The molecule has 3 aromatic heterocycles. The Hall–Kier alpha value is -6.17. The lowest BCUT2D eigenvalue weighted by Crippen LogP contribution is -2.06. The molecule has 230 valence electrons. The van der Waals surface area contributed by atoms with Gasteiger partial charge in [0, 0.05) is 47.5 Å². The standard InChI is InChI=1S/C44H28N4S/c1-27-14-13-23-34-38-39-37(32-21-11-12-22-33(32)41(38)49-40(27)34)35-26-31(28-15-5-2-6-16-28)24-25-36(35)48(39)44-46-42(29-17-7-3-8-18-29)45-43(47-44)30-19-9-4-10-20-30/h2-26H,1H3. The van der Waals surface area contributed by atoms with Crippen LogP contribution in [0.2, 0.25) is 0 Å². The molecule has 3 heterocycles. The smallest absolute Gasteiger partial charge is 0.238 e. The molecular weight excluding hydrogens is 617 g/mol. The van der Waals surface area contributed by atoms with E-state index in [4.69, 9.17) is 15.0 Å². The highest BCUT2D eigenvalue weighted by atomic mass is 32.1. The molecule has 0 aliphatic rings. The summed E-state index contributed by atoms with van der Waals surface area (Å²) >= 11 is 1.88. The number of aromatic nitrogens is 4. The average molecular weight is 645 g/mol. The van der Waals surface area contributed by atoms with Crippen LogP contribution in [0.3, 0.4) is 0 Å². The lowest BCUT2D eigenvalue weighted by Gasteiger charge is -2.12. The molecule has 0 fully saturated rings. The lowest BCUT2D eigenvalue weighted by molar-refractivity contribution is 0.955. The quantitative estimate of drug-likeness (QED) is 0.191. The zero-order valence-corrected chi connectivity index (χ0v) is 27.4. The Morgan fingerprint density at radius 3 is 1.71 bits per heavy atom. The van der Waals surface area contributed by atoms with E-state index in [1.165, 1.54) is 58.4 Å². The SMILES string of the molecule is Cc1cccc2c1sc1c3ccccc3c3c4cc(-c5ccccc5)ccc4n(-c4nc(-c5ccccc5)nc(-c5ccccc5)n4)c3c21. The molecular formula is C44H28N4S. The third kappa shape index (κ3) is 4.33. The summed E-state index contributed by atoms with van der Waals surface area (Å²) in [6.45, 7) is 2.21. The molecule has 0 unspecified atom stereocenters. The van der Waals surface area contributed by atoms with Crippen molar-refractivity contribution < 1.29 is 0 Å². The van der Waals surface area contributed by atoms with Crippen molar-refractivity contribution in [2.45, 2.75) is 6.92 Å². The summed E-state index contributed by atoms with van der Waals surface area (Å²) in [4.78, 5) is 15.6. The Balaban J connectivity index is 1.43. The van der Waals surface area contributed by atoms with E-state index < -0.39 is 0 Å². The zero-order valence-electron chi connectivity index (χ0n) is 26.6. The predicted molar refractivity (Wildman–Crippen MR) is 206 cm³/mol. The number of aryl methyl sites for hydroxylation is 1. The van der Waals surface area contributed by atoms with Crippen LogP contribution in [0.5, 0.6) is 0 Å². The van der Waals surface area contributed by atoms with Gasteiger partial charge in [-0.1, -0.05) is 140 Å². The van der Waals surface area contributed by atoms with Crippen LogP contribution in [0, 0.1) is 6.92 Å². The predicted octanol–water partition coefficient (Wildman–Crippen LogP) is 11.8. The van der Waals surface area contributed by atoms with E-state index >= 15 is 0 Å². The Labute approximate surface area is 286 Å². The highest BCUT2D eigenvalue weighted by molar-refractivity contribution is 7.27. The molecule has 7 aromatic carbocycles. The van der Waals surface area contributed by atoms with Gasteiger partial charge in [-0.15, -0.1) is 11.3 Å². The van der Waals surface area contributed by atoms with Gasteiger partial charge in [0.15, 0.2) is 11.6 Å². The highest BCUT2D eigenvalue weighted by Crippen LogP contribution is 2.48. The molecule has 0 bridgehead atoms. The fourth-order valence-corrected chi connectivity index (χ4v) is 8.61. The molecule has 0 aliphatic heterocycles. The van der Waals surface area contributed by atoms with Gasteiger partial charge in [0.2, 0.25) is 5.95 Å². The zero-order chi connectivity index (χ0) is 32.5. The molecule has 49 heavy (non-hydrogen) atoms. The molecule has 0 atom stereocenters. The number of rotatable bonds is 4. The normalized spacial score (nSPS) is 11.8. The first-order valence-corrected chi connectivity index (χ1v) is 17.3. The summed E-state index contributed by atoms with van der Waals surface area (Å²) in [5.74, 6) is 1.88. The fourth-order valence-electron chi connectivity index (χ4n) is 7.30. The second-order valence-corrected chi connectivity index (χ2v) is 13.5. The van der Waals surface area contributed by atoms with Crippen LogP contribution in [-0.4, -0.2) is 19.5 Å². The van der Waals surface area contributed by atoms with Crippen LogP contribution in [-0.2, 0) is 0 Å². The largest absolute Gasteiger partial charge is 0.277 e. The fraction of sp³-hybridized carbons (Fsp3) is 0.0227. The van der Waals surface area contributed by atoms with E-state index in [0.717, 1.165) is 22.2 Å². The van der Waals surface area contributed by atoms with E-state index in [9.17, 15) is 0 Å². The van der Waals surface area contributed by atoms with Crippen molar-refractivity contribution >= 4 is 64.1 Å². The maximum atomic E-state index is 5.27. The number of hydrogen-bond acceptors (Lipinski definition) is 4. The first-order valence-electron chi connectivity index (χ1n) is 16.5. The summed E-state index contributed by atoms with van der Waals surface area (Å²) in [6.07, 6.45) is 0. The molecule has 5 heteroatoms. The second kappa shape index (κ2) is 10.9. The molecule has 4 nitrogen and oxygen atoms in total. The number of fused-ring (bicyclic) bond motifs is 10. The van der Waals surface area contributed by atoms with Crippen molar-refractivity contribution in [1.82, 2.24) is 19.5 Å². The summed E-state index contributed by atoms with van der Waals surface area (Å²) in [5, 5.41) is 7.36. The van der Waals surface area contributed by atoms with E-state index in [2.05, 4.69) is 127 Å².